The molecule has 0 N–H and O–H groups in total. The summed E-state index contributed by atoms with van der Waals surface area (Å²) < 4.78 is 25.5. The number of carbonyl (C=O) groups excluding carboxylic acids is 2. The maximum absolute atomic E-state index is 13.3. The minimum Gasteiger partial charge on any atom is -0.308 e. The largest absolute Gasteiger partial charge is 0.308 e. The van der Waals surface area contributed by atoms with Crippen LogP contribution in [0.25, 0.3) is 11.1 Å². The Hall–Kier alpha value is -2.87. The lowest BCUT2D eigenvalue weighted by Crippen LogP contribution is -2.53. The van der Waals surface area contributed by atoms with Gasteiger partial charge >= 0.3 is 0 Å². The van der Waals surface area contributed by atoms with Crippen LogP contribution in [0, 0.1) is 12.8 Å². The van der Waals surface area contributed by atoms with Crippen LogP contribution in [-0.4, -0.2) is 46.1 Å². The molecule has 0 spiro atoms. The Kier molecular flexibility index (Phi) is 5.99. The minimum absolute atomic E-state index is 0.0481. The fourth-order valence-electron chi connectivity index (χ4n) is 4.68. The molecule has 1 atom stereocenters. The number of hydrogen-bond acceptors (Lipinski definition) is 4. The van der Waals surface area contributed by atoms with Gasteiger partial charge < -0.3 is 9.80 Å². The molecule has 0 aromatic heterocycles. The van der Waals surface area contributed by atoms with E-state index in [1.807, 2.05) is 55.1 Å². The van der Waals surface area contributed by atoms with Crippen molar-refractivity contribution in [1.82, 2.24) is 0 Å². The van der Waals surface area contributed by atoms with E-state index in [9.17, 15) is 18.0 Å². The molecule has 1 saturated carbocycles. The highest BCUT2D eigenvalue weighted by Gasteiger charge is 2.37. The third-order valence-corrected chi connectivity index (χ3v) is 8.04. The Morgan fingerprint density at radius 3 is 2.24 bits per heavy atom. The molecule has 33 heavy (non-hydrogen) atoms. The Bertz CT molecular complexity index is 1220. The summed E-state index contributed by atoms with van der Waals surface area (Å²) in [7, 11) is -1.86. The summed E-state index contributed by atoms with van der Waals surface area (Å²) in [5.41, 5.74) is 4.63. The molecule has 7 nitrogen and oxygen atoms in total. The summed E-state index contributed by atoms with van der Waals surface area (Å²) in [5.74, 6) is 0.114. The van der Waals surface area contributed by atoms with E-state index in [4.69, 9.17) is 0 Å². The van der Waals surface area contributed by atoms with Gasteiger partial charge in [-0.25, -0.2) is 8.42 Å². The zero-order chi connectivity index (χ0) is 24.1. The Labute approximate surface area is 196 Å². The number of amides is 2. The quantitative estimate of drug-likeness (QED) is 0.679. The zero-order valence-electron chi connectivity index (χ0n) is 19.8. The van der Waals surface area contributed by atoms with Crippen molar-refractivity contribution < 1.29 is 18.0 Å². The minimum atomic E-state index is -3.40. The number of sulfonamides is 1. The van der Waals surface area contributed by atoms with Crippen molar-refractivity contribution in [2.45, 2.75) is 46.1 Å². The first kappa shape index (κ1) is 23.3. The van der Waals surface area contributed by atoms with Crippen LogP contribution in [-0.2, 0) is 19.6 Å². The Balaban J connectivity index is 1.81. The van der Waals surface area contributed by atoms with Crippen molar-refractivity contribution in [3.63, 3.8) is 0 Å². The maximum Gasteiger partial charge on any atom is 0.232 e. The van der Waals surface area contributed by atoms with E-state index >= 15 is 0 Å². The van der Waals surface area contributed by atoms with Gasteiger partial charge in [-0.05, 0) is 61.6 Å². The lowest BCUT2D eigenvalue weighted by molar-refractivity contribution is -0.125. The summed E-state index contributed by atoms with van der Waals surface area (Å²) >= 11 is 0. The molecular formula is C25H31N3O4S. The molecule has 1 unspecified atom stereocenters. The second kappa shape index (κ2) is 8.48. The lowest BCUT2D eigenvalue weighted by atomic mass is 9.84. The van der Waals surface area contributed by atoms with E-state index in [1.165, 1.54) is 10.6 Å². The molecule has 0 radical (unpaired) electrons. The summed E-state index contributed by atoms with van der Waals surface area (Å²) in [6, 6.07) is 11.3. The molecule has 2 aromatic rings. The molecule has 1 aliphatic carbocycles. The van der Waals surface area contributed by atoms with Crippen molar-refractivity contribution in [2.24, 2.45) is 5.92 Å². The molecule has 2 aliphatic rings. The van der Waals surface area contributed by atoms with Gasteiger partial charge in [0.2, 0.25) is 21.8 Å². The van der Waals surface area contributed by atoms with Crippen LogP contribution in [0.5, 0.6) is 0 Å². The van der Waals surface area contributed by atoms with Gasteiger partial charge in [-0.3, -0.25) is 13.9 Å². The average Bonchev–Trinajstić information content (AvgIpc) is 2.70. The fraction of sp³-hybridized carbons (Fsp3) is 0.440. The summed E-state index contributed by atoms with van der Waals surface area (Å²) in [5, 5.41) is 0. The number of carbonyl (C=O) groups is 2. The first-order chi connectivity index (χ1) is 15.5. The second-order valence-corrected chi connectivity index (χ2v) is 11.3. The predicted octanol–water partition coefficient (Wildman–Crippen LogP) is 3.95. The van der Waals surface area contributed by atoms with E-state index in [-0.39, 0.29) is 23.8 Å². The van der Waals surface area contributed by atoms with Crippen molar-refractivity contribution in [3.8, 4) is 11.1 Å². The predicted molar refractivity (Wildman–Crippen MR) is 132 cm³/mol. The van der Waals surface area contributed by atoms with Gasteiger partial charge in [0.15, 0.2) is 0 Å². The maximum atomic E-state index is 13.3. The molecule has 1 fully saturated rings. The van der Waals surface area contributed by atoms with Crippen LogP contribution in [0.1, 0.15) is 38.7 Å². The van der Waals surface area contributed by atoms with E-state index in [0.717, 1.165) is 47.3 Å². The van der Waals surface area contributed by atoms with Crippen LogP contribution in [0.15, 0.2) is 36.4 Å². The van der Waals surface area contributed by atoms with Crippen LogP contribution in [0.4, 0.5) is 17.1 Å². The lowest BCUT2D eigenvalue weighted by Gasteiger charge is -2.43. The highest BCUT2D eigenvalue weighted by atomic mass is 32.2. The SMILES string of the molecule is CC(=O)N1c2ccc(-c3ccc(C)c(N(C)S(C)(=O)=O)c3)cc2N(C(=O)C2CCC2)CC1C. The van der Waals surface area contributed by atoms with Crippen LogP contribution >= 0.6 is 0 Å². The van der Waals surface area contributed by atoms with Crippen molar-refractivity contribution >= 4 is 38.9 Å². The van der Waals surface area contributed by atoms with Gasteiger partial charge in [-0.2, -0.15) is 0 Å². The number of hydrogen-bond donors (Lipinski definition) is 0. The summed E-state index contributed by atoms with van der Waals surface area (Å²) in [4.78, 5) is 29.3. The third kappa shape index (κ3) is 4.24. The smallest absolute Gasteiger partial charge is 0.232 e. The van der Waals surface area contributed by atoms with Gasteiger partial charge in [0.1, 0.15) is 0 Å². The number of rotatable bonds is 4. The number of nitrogens with zero attached hydrogens (tertiary/aromatic N) is 3. The normalized spacial score (nSPS) is 18.5. The van der Waals surface area contributed by atoms with Crippen LogP contribution in [0.2, 0.25) is 0 Å². The van der Waals surface area contributed by atoms with E-state index in [1.54, 1.807) is 18.9 Å². The van der Waals surface area contributed by atoms with Gasteiger partial charge in [0, 0.05) is 26.4 Å². The average molecular weight is 470 g/mol. The first-order valence-electron chi connectivity index (χ1n) is 11.3. The van der Waals surface area contributed by atoms with Crippen LogP contribution < -0.4 is 14.1 Å². The Morgan fingerprint density at radius 2 is 1.67 bits per heavy atom. The van der Waals surface area contributed by atoms with E-state index < -0.39 is 10.0 Å². The molecule has 4 rings (SSSR count). The second-order valence-electron chi connectivity index (χ2n) is 9.25. The first-order valence-corrected chi connectivity index (χ1v) is 13.1. The molecule has 2 aromatic carbocycles. The van der Waals surface area contributed by atoms with Crippen molar-refractivity contribution in [3.05, 3.63) is 42.0 Å². The zero-order valence-corrected chi connectivity index (χ0v) is 20.6. The number of aryl methyl sites for hydroxylation is 1. The van der Waals surface area contributed by atoms with Crippen LogP contribution in [0.3, 0.4) is 0 Å². The number of benzene rings is 2. The number of fused-ring (bicyclic) bond motifs is 1. The molecule has 0 bridgehead atoms. The van der Waals surface area contributed by atoms with Gasteiger partial charge in [0.25, 0.3) is 0 Å². The molecule has 176 valence electrons. The van der Waals surface area contributed by atoms with Crippen molar-refractivity contribution in [1.29, 1.82) is 0 Å². The van der Waals surface area contributed by atoms with E-state index in [0.29, 0.717) is 12.2 Å². The molecule has 1 heterocycles. The van der Waals surface area contributed by atoms with Crippen molar-refractivity contribution in [2.75, 3.05) is 34.0 Å². The standard InChI is InChI=1S/C25H31N3O4S/c1-16-9-10-20(13-23(16)26(4)33(5,31)32)21-11-12-22-24(14-21)27(25(30)19-7-6-8-19)15-17(2)28(22)18(3)29/h9-14,17,19H,6-8,15H2,1-5H3. The fourth-order valence-corrected chi connectivity index (χ4v) is 5.23. The molecule has 8 heteroatoms. The molecular weight excluding hydrogens is 438 g/mol. The molecule has 2 amide bonds. The van der Waals surface area contributed by atoms with Gasteiger partial charge in [-0.15, -0.1) is 0 Å². The summed E-state index contributed by atoms with van der Waals surface area (Å²) in [6.07, 6.45) is 4.08. The highest BCUT2D eigenvalue weighted by Crippen LogP contribution is 2.41. The third-order valence-electron chi connectivity index (χ3n) is 6.85. The Morgan fingerprint density at radius 1 is 1.03 bits per heavy atom. The van der Waals surface area contributed by atoms with E-state index in [2.05, 4.69) is 0 Å². The molecule has 0 saturated heterocycles. The van der Waals surface area contributed by atoms with Gasteiger partial charge in [0.05, 0.1) is 29.4 Å². The summed E-state index contributed by atoms with van der Waals surface area (Å²) in [6.45, 7) is 5.84. The highest BCUT2D eigenvalue weighted by molar-refractivity contribution is 7.92. The van der Waals surface area contributed by atoms with Gasteiger partial charge in [-0.1, -0.05) is 24.6 Å². The number of anilines is 3. The topological polar surface area (TPSA) is 78.0 Å². The molecule has 1 aliphatic heterocycles. The monoisotopic (exact) mass is 469 g/mol.